The molecule has 0 N–H and O–H groups in total. The van der Waals surface area contributed by atoms with Crippen molar-refractivity contribution in [3.63, 3.8) is 0 Å². The third-order valence-corrected chi connectivity index (χ3v) is 4.26. The van der Waals surface area contributed by atoms with E-state index in [0.717, 1.165) is 31.8 Å². The van der Waals surface area contributed by atoms with Gasteiger partial charge in [0.1, 0.15) is 5.60 Å². The topological polar surface area (TPSA) is 29.5 Å². The molecule has 0 spiro atoms. The third-order valence-electron chi connectivity index (χ3n) is 4.26. The summed E-state index contributed by atoms with van der Waals surface area (Å²) in [6.45, 7) is 16.7. The Morgan fingerprint density at radius 1 is 1.11 bits per heavy atom. The Balaban J connectivity index is 2.47. The molecule has 3 heteroatoms. The average molecular weight is 269 g/mol. The van der Waals surface area contributed by atoms with E-state index in [9.17, 15) is 4.79 Å². The molecule has 1 amide bonds. The molecule has 1 aliphatic rings. The molecular formula is C16H31NO2. The maximum absolute atomic E-state index is 12.0. The lowest BCUT2D eigenvalue weighted by molar-refractivity contribution is 0.0128. The minimum absolute atomic E-state index is 0.158. The maximum Gasteiger partial charge on any atom is 0.410 e. The number of carbonyl (C=O) groups excluding carboxylic acids is 1. The van der Waals surface area contributed by atoms with Gasteiger partial charge in [-0.2, -0.15) is 0 Å². The summed E-state index contributed by atoms with van der Waals surface area (Å²) in [5, 5.41) is 0. The van der Waals surface area contributed by atoms with Gasteiger partial charge in [-0.25, -0.2) is 4.79 Å². The van der Waals surface area contributed by atoms with Crippen LogP contribution in [0.5, 0.6) is 0 Å². The van der Waals surface area contributed by atoms with Gasteiger partial charge in [0.25, 0.3) is 0 Å². The predicted octanol–water partition coefficient (Wildman–Crippen LogP) is 4.32. The summed E-state index contributed by atoms with van der Waals surface area (Å²) >= 11 is 0. The van der Waals surface area contributed by atoms with Gasteiger partial charge in [-0.1, -0.05) is 27.7 Å². The molecule has 19 heavy (non-hydrogen) atoms. The molecule has 112 valence electrons. The second-order valence-corrected chi connectivity index (χ2v) is 7.96. The van der Waals surface area contributed by atoms with Crippen LogP contribution in [0, 0.1) is 17.3 Å². The smallest absolute Gasteiger partial charge is 0.410 e. The Labute approximate surface area is 118 Å². The van der Waals surface area contributed by atoms with E-state index >= 15 is 0 Å². The molecule has 0 aliphatic carbocycles. The lowest BCUT2D eigenvalue weighted by atomic mass is 9.71. The van der Waals surface area contributed by atoms with Crippen LogP contribution in [0.4, 0.5) is 4.79 Å². The number of piperidine rings is 1. The quantitative estimate of drug-likeness (QED) is 0.709. The van der Waals surface area contributed by atoms with Crippen molar-refractivity contribution < 1.29 is 9.53 Å². The van der Waals surface area contributed by atoms with Gasteiger partial charge in [-0.05, 0) is 50.9 Å². The largest absolute Gasteiger partial charge is 0.444 e. The first-order valence-electron chi connectivity index (χ1n) is 7.48. The highest BCUT2D eigenvalue weighted by atomic mass is 16.6. The van der Waals surface area contributed by atoms with Crippen LogP contribution in [-0.2, 0) is 4.74 Å². The zero-order chi connectivity index (χ0) is 14.8. The molecule has 1 atom stereocenters. The molecular weight excluding hydrogens is 238 g/mol. The van der Waals surface area contributed by atoms with Crippen LogP contribution in [0.15, 0.2) is 0 Å². The molecule has 1 saturated heterocycles. The zero-order valence-corrected chi connectivity index (χ0v) is 13.7. The minimum Gasteiger partial charge on any atom is -0.444 e. The number of hydrogen-bond donors (Lipinski definition) is 0. The lowest BCUT2D eigenvalue weighted by Gasteiger charge is -2.40. The average Bonchev–Trinajstić information content (AvgIpc) is 2.24. The summed E-state index contributed by atoms with van der Waals surface area (Å²) in [6, 6.07) is 0. The molecule has 1 fully saturated rings. The summed E-state index contributed by atoms with van der Waals surface area (Å²) in [7, 11) is 0. The van der Waals surface area contributed by atoms with Crippen molar-refractivity contribution in [1.29, 1.82) is 0 Å². The number of likely N-dealkylation sites (tertiary alicyclic amines) is 1. The first-order chi connectivity index (χ1) is 8.50. The van der Waals surface area contributed by atoms with E-state index in [1.165, 1.54) is 0 Å². The first kappa shape index (κ1) is 16.3. The fourth-order valence-electron chi connectivity index (χ4n) is 2.62. The SMILES string of the molecule is CC(C1CCN(C(=O)OC(C)(C)C)CC1)C(C)(C)C. The molecule has 1 aliphatic heterocycles. The summed E-state index contributed by atoms with van der Waals surface area (Å²) < 4.78 is 5.43. The normalized spacial score (nSPS) is 20.3. The van der Waals surface area contributed by atoms with Crippen LogP contribution in [0.25, 0.3) is 0 Å². The first-order valence-corrected chi connectivity index (χ1v) is 7.48. The van der Waals surface area contributed by atoms with E-state index < -0.39 is 5.60 Å². The van der Waals surface area contributed by atoms with E-state index in [0.29, 0.717) is 11.3 Å². The zero-order valence-electron chi connectivity index (χ0n) is 13.7. The summed E-state index contributed by atoms with van der Waals surface area (Å²) in [6.07, 6.45) is 2.03. The number of rotatable bonds is 1. The number of hydrogen-bond acceptors (Lipinski definition) is 2. The van der Waals surface area contributed by atoms with Crippen molar-refractivity contribution in [2.45, 2.75) is 66.9 Å². The van der Waals surface area contributed by atoms with Crippen molar-refractivity contribution in [2.24, 2.45) is 17.3 Å². The second kappa shape index (κ2) is 5.72. The molecule has 1 rings (SSSR count). The van der Waals surface area contributed by atoms with Gasteiger partial charge in [0.05, 0.1) is 0 Å². The number of ether oxygens (including phenoxy) is 1. The lowest BCUT2D eigenvalue weighted by Crippen LogP contribution is -2.43. The van der Waals surface area contributed by atoms with E-state index in [2.05, 4.69) is 27.7 Å². The van der Waals surface area contributed by atoms with Crippen molar-refractivity contribution in [3.8, 4) is 0 Å². The summed E-state index contributed by atoms with van der Waals surface area (Å²) in [4.78, 5) is 13.8. The standard InChI is InChI=1S/C16H31NO2/c1-12(15(2,3)4)13-8-10-17(11-9-13)14(18)19-16(5,6)7/h12-13H,8-11H2,1-7H3. The Bertz CT molecular complexity index is 304. The maximum atomic E-state index is 12.0. The van der Waals surface area contributed by atoms with Crippen molar-refractivity contribution in [2.75, 3.05) is 13.1 Å². The van der Waals surface area contributed by atoms with Crippen molar-refractivity contribution >= 4 is 6.09 Å². The van der Waals surface area contributed by atoms with Gasteiger partial charge in [0, 0.05) is 13.1 Å². The number of carbonyl (C=O) groups is 1. The van der Waals surface area contributed by atoms with E-state index in [4.69, 9.17) is 4.74 Å². The highest BCUT2D eigenvalue weighted by Gasteiger charge is 2.33. The molecule has 0 bridgehead atoms. The molecule has 1 heterocycles. The Morgan fingerprint density at radius 3 is 1.95 bits per heavy atom. The van der Waals surface area contributed by atoms with Crippen LogP contribution < -0.4 is 0 Å². The Morgan fingerprint density at radius 2 is 1.58 bits per heavy atom. The monoisotopic (exact) mass is 269 g/mol. The molecule has 1 unspecified atom stereocenters. The summed E-state index contributed by atoms with van der Waals surface area (Å²) in [5.41, 5.74) is -0.0502. The molecule has 0 aromatic rings. The predicted molar refractivity (Wildman–Crippen MR) is 79.2 cm³/mol. The molecule has 0 saturated carbocycles. The number of nitrogens with zero attached hydrogens (tertiary/aromatic N) is 1. The second-order valence-electron chi connectivity index (χ2n) is 7.96. The van der Waals surface area contributed by atoms with Gasteiger partial charge in [0.2, 0.25) is 0 Å². The van der Waals surface area contributed by atoms with Gasteiger partial charge in [0.15, 0.2) is 0 Å². The van der Waals surface area contributed by atoms with Gasteiger partial charge < -0.3 is 9.64 Å². The van der Waals surface area contributed by atoms with Crippen LogP contribution in [0.3, 0.4) is 0 Å². The van der Waals surface area contributed by atoms with E-state index in [1.54, 1.807) is 0 Å². The van der Waals surface area contributed by atoms with E-state index in [1.807, 2.05) is 25.7 Å². The van der Waals surface area contributed by atoms with Gasteiger partial charge in [-0.15, -0.1) is 0 Å². The highest BCUT2D eigenvalue weighted by molar-refractivity contribution is 5.68. The van der Waals surface area contributed by atoms with Crippen LogP contribution in [-0.4, -0.2) is 29.7 Å². The van der Waals surface area contributed by atoms with Crippen LogP contribution in [0.1, 0.15) is 61.3 Å². The Hall–Kier alpha value is -0.730. The molecule has 0 aromatic carbocycles. The Kier molecular flexibility index (Phi) is 4.91. The highest BCUT2D eigenvalue weighted by Crippen LogP contribution is 2.37. The summed E-state index contributed by atoms with van der Waals surface area (Å²) in [5.74, 6) is 1.41. The van der Waals surface area contributed by atoms with Crippen molar-refractivity contribution in [3.05, 3.63) is 0 Å². The molecule has 3 nitrogen and oxygen atoms in total. The van der Waals surface area contributed by atoms with Crippen LogP contribution in [0.2, 0.25) is 0 Å². The fraction of sp³-hybridized carbons (Fsp3) is 0.938. The van der Waals surface area contributed by atoms with Gasteiger partial charge in [-0.3, -0.25) is 0 Å². The molecule has 0 radical (unpaired) electrons. The van der Waals surface area contributed by atoms with Crippen LogP contribution >= 0.6 is 0 Å². The molecule has 0 aromatic heterocycles. The third kappa shape index (κ3) is 5.04. The van der Waals surface area contributed by atoms with Gasteiger partial charge >= 0.3 is 6.09 Å². The number of amides is 1. The van der Waals surface area contributed by atoms with E-state index in [-0.39, 0.29) is 6.09 Å². The van der Waals surface area contributed by atoms with Crippen molar-refractivity contribution in [1.82, 2.24) is 4.90 Å². The minimum atomic E-state index is -0.396. The fourth-order valence-corrected chi connectivity index (χ4v) is 2.62.